The SMILES string of the molecule is CC(C)CCOCCS(=O)c1ccc(C(=O)O)cc1. The van der Waals surface area contributed by atoms with Crippen LogP contribution < -0.4 is 0 Å². The lowest BCUT2D eigenvalue weighted by Crippen LogP contribution is -2.08. The van der Waals surface area contributed by atoms with Gasteiger partial charge in [0.1, 0.15) is 0 Å². The lowest BCUT2D eigenvalue weighted by atomic mass is 10.1. The average Bonchev–Trinajstić information content (AvgIpc) is 2.37. The Kier molecular flexibility index (Phi) is 6.73. The number of hydrogen-bond acceptors (Lipinski definition) is 3. The van der Waals surface area contributed by atoms with Crippen molar-refractivity contribution >= 4 is 16.8 Å². The van der Waals surface area contributed by atoms with Crippen molar-refractivity contribution in [1.29, 1.82) is 0 Å². The summed E-state index contributed by atoms with van der Waals surface area (Å²) in [6.45, 7) is 5.41. The van der Waals surface area contributed by atoms with Crippen LogP contribution in [-0.2, 0) is 15.5 Å². The van der Waals surface area contributed by atoms with E-state index in [4.69, 9.17) is 9.84 Å². The van der Waals surface area contributed by atoms with Gasteiger partial charge in [-0.1, -0.05) is 13.8 Å². The Morgan fingerprint density at radius 2 is 1.89 bits per heavy atom. The second kappa shape index (κ2) is 8.07. The van der Waals surface area contributed by atoms with Crippen molar-refractivity contribution in [3.8, 4) is 0 Å². The summed E-state index contributed by atoms with van der Waals surface area (Å²) in [7, 11) is -1.14. The highest BCUT2D eigenvalue weighted by atomic mass is 32.2. The van der Waals surface area contributed by atoms with Crippen LogP contribution >= 0.6 is 0 Å². The standard InChI is InChI=1S/C14H20O4S/c1-11(2)7-8-18-9-10-19(17)13-5-3-12(4-6-13)14(15)16/h3-6,11H,7-10H2,1-2H3,(H,15,16). The molecule has 1 atom stereocenters. The van der Waals surface area contributed by atoms with Crippen molar-refractivity contribution in [2.45, 2.75) is 25.2 Å². The second-order valence-electron chi connectivity index (χ2n) is 4.67. The fourth-order valence-electron chi connectivity index (χ4n) is 1.42. The van der Waals surface area contributed by atoms with Crippen LogP contribution in [0.15, 0.2) is 29.2 Å². The number of aromatic carboxylic acids is 1. The highest BCUT2D eigenvalue weighted by Gasteiger charge is 2.06. The van der Waals surface area contributed by atoms with E-state index >= 15 is 0 Å². The van der Waals surface area contributed by atoms with Crippen LogP contribution in [0.25, 0.3) is 0 Å². The predicted octanol–water partition coefficient (Wildman–Crippen LogP) is 2.56. The van der Waals surface area contributed by atoms with E-state index in [1.54, 1.807) is 12.1 Å². The zero-order valence-electron chi connectivity index (χ0n) is 11.3. The number of hydrogen-bond donors (Lipinski definition) is 1. The first-order valence-electron chi connectivity index (χ1n) is 6.30. The molecule has 0 radical (unpaired) electrons. The lowest BCUT2D eigenvalue weighted by Gasteiger charge is -2.06. The molecule has 19 heavy (non-hydrogen) atoms. The van der Waals surface area contributed by atoms with E-state index in [0.717, 1.165) is 6.42 Å². The third-order valence-corrected chi connectivity index (χ3v) is 3.95. The number of benzene rings is 1. The Labute approximate surface area is 116 Å². The monoisotopic (exact) mass is 284 g/mol. The summed E-state index contributed by atoms with van der Waals surface area (Å²) in [5.41, 5.74) is 0.203. The maximum absolute atomic E-state index is 11.9. The van der Waals surface area contributed by atoms with E-state index in [1.807, 2.05) is 0 Å². The summed E-state index contributed by atoms with van der Waals surface area (Å²) in [5, 5.41) is 8.76. The highest BCUT2D eigenvalue weighted by molar-refractivity contribution is 7.85. The third-order valence-electron chi connectivity index (χ3n) is 2.62. The molecule has 0 aromatic heterocycles. The third kappa shape index (κ3) is 5.98. The van der Waals surface area contributed by atoms with Crippen molar-refractivity contribution < 1.29 is 18.8 Å². The molecule has 0 fully saturated rings. The maximum Gasteiger partial charge on any atom is 0.335 e. The van der Waals surface area contributed by atoms with Gasteiger partial charge in [-0.25, -0.2) is 4.79 Å². The van der Waals surface area contributed by atoms with Crippen molar-refractivity contribution in [3.63, 3.8) is 0 Å². The van der Waals surface area contributed by atoms with Crippen molar-refractivity contribution in [3.05, 3.63) is 29.8 Å². The number of carboxylic acids is 1. The topological polar surface area (TPSA) is 63.6 Å². The van der Waals surface area contributed by atoms with E-state index in [2.05, 4.69) is 13.8 Å². The Hall–Kier alpha value is -1.20. The molecule has 0 heterocycles. The summed E-state index contributed by atoms with van der Waals surface area (Å²) < 4.78 is 17.3. The molecule has 5 heteroatoms. The highest BCUT2D eigenvalue weighted by Crippen LogP contribution is 2.09. The van der Waals surface area contributed by atoms with Gasteiger partial charge in [0.05, 0.1) is 28.7 Å². The zero-order valence-corrected chi connectivity index (χ0v) is 12.1. The summed E-state index contributed by atoms with van der Waals surface area (Å²) >= 11 is 0. The molecule has 4 nitrogen and oxygen atoms in total. The molecule has 0 saturated heterocycles. The van der Waals surface area contributed by atoms with Crippen LogP contribution in [0.2, 0.25) is 0 Å². The first-order valence-corrected chi connectivity index (χ1v) is 7.62. The van der Waals surface area contributed by atoms with Crippen molar-refractivity contribution in [2.75, 3.05) is 19.0 Å². The summed E-state index contributed by atoms with van der Waals surface area (Å²) in [5.74, 6) is 0.0632. The van der Waals surface area contributed by atoms with Gasteiger partial charge in [-0.05, 0) is 36.6 Å². The maximum atomic E-state index is 11.9. The summed E-state index contributed by atoms with van der Waals surface area (Å²) in [6, 6.07) is 6.12. The molecule has 0 aliphatic carbocycles. The van der Waals surface area contributed by atoms with Gasteiger partial charge in [0.2, 0.25) is 0 Å². The molecule has 0 aliphatic rings. The van der Waals surface area contributed by atoms with Gasteiger partial charge in [0.25, 0.3) is 0 Å². The molecule has 0 saturated carbocycles. The Balaban J connectivity index is 2.35. The summed E-state index contributed by atoms with van der Waals surface area (Å²) in [6.07, 6.45) is 1.000. The Morgan fingerprint density at radius 1 is 1.26 bits per heavy atom. The van der Waals surface area contributed by atoms with Crippen molar-refractivity contribution in [2.24, 2.45) is 5.92 Å². The van der Waals surface area contributed by atoms with E-state index in [9.17, 15) is 9.00 Å². The summed E-state index contributed by atoms with van der Waals surface area (Å²) in [4.78, 5) is 11.3. The first kappa shape index (κ1) is 15.9. The van der Waals surface area contributed by atoms with E-state index < -0.39 is 16.8 Å². The van der Waals surface area contributed by atoms with Gasteiger partial charge < -0.3 is 9.84 Å². The molecule has 1 aromatic rings. The minimum absolute atomic E-state index is 0.203. The average molecular weight is 284 g/mol. The minimum atomic E-state index is -1.14. The van der Waals surface area contributed by atoms with Crippen LogP contribution in [0.4, 0.5) is 0 Å². The quantitative estimate of drug-likeness (QED) is 0.745. The number of carbonyl (C=O) groups is 1. The van der Waals surface area contributed by atoms with E-state index in [-0.39, 0.29) is 5.56 Å². The molecule has 0 amide bonds. The molecule has 1 aromatic carbocycles. The predicted molar refractivity (Wildman–Crippen MR) is 75.0 cm³/mol. The van der Waals surface area contributed by atoms with Crippen LogP contribution in [0.5, 0.6) is 0 Å². The molecule has 106 valence electrons. The Morgan fingerprint density at radius 3 is 2.42 bits per heavy atom. The molecule has 0 bridgehead atoms. The first-order chi connectivity index (χ1) is 9.00. The molecule has 1 rings (SSSR count). The molecule has 1 N–H and O–H groups in total. The number of ether oxygens (including phenoxy) is 1. The van der Waals surface area contributed by atoms with Gasteiger partial charge in [0, 0.05) is 11.5 Å². The van der Waals surface area contributed by atoms with Crippen LogP contribution in [0, 0.1) is 5.92 Å². The fraction of sp³-hybridized carbons (Fsp3) is 0.500. The van der Waals surface area contributed by atoms with Crippen LogP contribution in [0.1, 0.15) is 30.6 Å². The van der Waals surface area contributed by atoms with E-state index in [1.165, 1.54) is 12.1 Å². The van der Waals surface area contributed by atoms with Crippen LogP contribution in [-0.4, -0.2) is 34.3 Å². The van der Waals surface area contributed by atoms with Crippen LogP contribution in [0.3, 0.4) is 0 Å². The fourth-order valence-corrected chi connectivity index (χ4v) is 2.37. The molecular weight excluding hydrogens is 264 g/mol. The molecule has 0 spiro atoms. The van der Waals surface area contributed by atoms with Crippen molar-refractivity contribution in [1.82, 2.24) is 0 Å². The van der Waals surface area contributed by atoms with Gasteiger partial charge in [-0.15, -0.1) is 0 Å². The Bertz CT molecular complexity index is 426. The molecular formula is C14H20O4S. The largest absolute Gasteiger partial charge is 0.478 e. The zero-order chi connectivity index (χ0) is 14.3. The van der Waals surface area contributed by atoms with Gasteiger partial charge in [-0.3, -0.25) is 4.21 Å². The molecule has 1 unspecified atom stereocenters. The number of carboxylic acid groups (broad SMARTS) is 1. The minimum Gasteiger partial charge on any atom is -0.478 e. The lowest BCUT2D eigenvalue weighted by molar-refractivity contribution is 0.0697. The van der Waals surface area contributed by atoms with Gasteiger partial charge >= 0.3 is 5.97 Å². The number of rotatable bonds is 8. The smallest absolute Gasteiger partial charge is 0.335 e. The normalized spacial score (nSPS) is 12.6. The van der Waals surface area contributed by atoms with Gasteiger partial charge in [-0.2, -0.15) is 0 Å². The van der Waals surface area contributed by atoms with E-state index in [0.29, 0.717) is 29.8 Å². The van der Waals surface area contributed by atoms with Gasteiger partial charge in [0.15, 0.2) is 0 Å². The second-order valence-corrected chi connectivity index (χ2v) is 6.24. The molecule has 0 aliphatic heterocycles.